The Morgan fingerprint density at radius 3 is 2.29 bits per heavy atom. The summed E-state index contributed by atoms with van der Waals surface area (Å²) >= 11 is 0. The molecule has 0 aromatic carbocycles. The number of amides is 3. The number of aliphatic hydroxyl groups excluding tert-OH is 1. The highest BCUT2D eigenvalue weighted by molar-refractivity contribution is 5.93. The molecule has 3 N–H and O–H groups in total. The van der Waals surface area contributed by atoms with E-state index in [1.54, 1.807) is 20.8 Å². The average molecular weight is 339 g/mol. The quantitative estimate of drug-likeness (QED) is 0.542. The average Bonchev–Trinajstić information content (AvgIpc) is 2.82. The van der Waals surface area contributed by atoms with Crippen LogP contribution in [0, 0.1) is 5.92 Å². The van der Waals surface area contributed by atoms with Crippen LogP contribution in [0.3, 0.4) is 0 Å². The highest BCUT2D eigenvalue weighted by Crippen LogP contribution is 2.08. The summed E-state index contributed by atoms with van der Waals surface area (Å²) < 4.78 is 0. The number of carbonyl (C=O) groups excluding carboxylic acids is 4. The van der Waals surface area contributed by atoms with Crippen molar-refractivity contribution in [3.05, 3.63) is 12.2 Å². The fraction of sp³-hybridized carbons (Fsp3) is 0.625. The van der Waals surface area contributed by atoms with E-state index in [9.17, 15) is 24.3 Å². The van der Waals surface area contributed by atoms with Crippen molar-refractivity contribution in [1.82, 2.24) is 15.5 Å². The molecule has 1 rings (SSSR count). The molecule has 0 saturated heterocycles. The summed E-state index contributed by atoms with van der Waals surface area (Å²) in [5, 5.41) is 14.6. The van der Waals surface area contributed by atoms with Crippen LogP contribution in [0.5, 0.6) is 0 Å². The third kappa shape index (κ3) is 5.45. The zero-order chi connectivity index (χ0) is 18.4. The minimum atomic E-state index is -1.02. The lowest BCUT2D eigenvalue weighted by atomic mass is 10.0. The summed E-state index contributed by atoms with van der Waals surface area (Å²) in [4.78, 5) is 48.2. The maximum Gasteiger partial charge on any atom is 0.248 e. The van der Waals surface area contributed by atoms with Gasteiger partial charge >= 0.3 is 0 Å². The fourth-order valence-electron chi connectivity index (χ4n) is 2.25. The molecule has 0 saturated carbocycles. The molecule has 8 heteroatoms. The molecular weight excluding hydrogens is 314 g/mol. The van der Waals surface area contributed by atoms with Gasteiger partial charge in [-0.15, -0.1) is 0 Å². The van der Waals surface area contributed by atoms with Crippen molar-refractivity contribution >= 4 is 23.5 Å². The number of Topliss-reactive ketones (excluding diaryl/α,β-unsaturated/α-hetero) is 1. The van der Waals surface area contributed by atoms with Gasteiger partial charge in [0.2, 0.25) is 17.7 Å². The number of hydrogen-bond acceptors (Lipinski definition) is 5. The summed E-state index contributed by atoms with van der Waals surface area (Å²) in [6, 6.07) is -1.43. The normalized spacial score (nSPS) is 19.3. The standard InChI is InChI=1S/C16H25N3O5/c1-9(2)15(23)10(3)18-16(24)11(4)17-12(20)7-8-19-13(21)5-6-14(19)22/h5-6,9-11,13,21H,7-8H2,1-4H3,(H,17,20)(H,18,24)/t10-,11-,13?/m0/s1. The summed E-state index contributed by atoms with van der Waals surface area (Å²) in [6.45, 7) is 6.66. The predicted octanol–water partition coefficient (Wildman–Crippen LogP) is -0.672. The summed E-state index contributed by atoms with van der Waals surface area (Å²) in [7, 11) is 0. The van der Waals surface area contributed by atoms with E-state index < -0.39 is 30.1 Å². The minimum absolute atomic E-state index is 0.0391. The lowest BCUT2D eigenvalue weighted by molar-refractivity contribution is -0.133. The fourth-order valence-corrected chi connectivity index (χ4v) is 2.25. The number of hydrogen-bond donors (Lipinski definition) is 3. The Labute approximate surface area is 141 Å². The number of ketones is 1. The number of rotatable bonds is 8. The molecule has 0 bridgehead atoms. The van der Waals surface area contributed by atoms with Gasteiger partial charge in [-0.05, 0) is 19.9 Å². The Hall–Kier alpha value is -2.22. The molecule has 1 aliphatic heterocycles. The maximum absolute atomic E-state index is 12.0. The molecule has 0 aromatic rings. The van der Waals surface area contributed by atoms with Crippen molar-refractivity contribution in [2.24, 2.45) is 5.92 Å². The zero-order valence-corrected chi connectivity index (χ0v) is 14.4. The molecule has 8 nitrogen and oxygen atoms in total. The first-order valence-corrected chi connectivity index (χ1v) is 7.93. The van der Waals surface area contributed by atoms with Crippen LogP contribution in [0.1, 0.15) is 34.1 Å². The first-order chi connectivity index (χ1) is 11.1. The van der Waals surface area contributed by atoms with E-state index >= 15 is 0 Å². The third-order valence-corrected chi connectivity index (χ3v) is 3.72. The number of carbonyl (C=O) groups is 4. The zero-order valence-electron chi connectivity index (χ0n) is 14.4. The summed E-state index contributed by atoms with van der Waals surface area (Å²) in [6.07, 6.45) is 1.52. The minimum Gasteiger partial charge on any atom is -0.370 e. The maximum atomic E-state index is 12.0. The Balaban J connectivity index is 2.39. The second kappa shape index (κ2) is 8.58. The lowest BCUT2D eigenvalue weighted by Gasteiger charge is -2.21. The third-order valence-electron chi connectivity index (χ3n) is 3.72. The van der Waals surface area contributed by atoms with E-state index in [2.05, 4.69) is 10.6 Å². The van der Waals surface area contributed by atoms with E-state index in [-0.39, 0.29) is 30.6 Å². The molecule has 0 radical (unpaired) electrons. The molecule has 24 heavy (non-hydrogen) atoms. The van der Waals surface area contributed by atoms with Gasteiger partial charge in [0.05, 0.1) is 6.04 Å². The first-order valence-electron chi connectivity index (χ1n) is 7.93. The lowest BCUT2D eigenvalue weighted by Crippen LogP contribution is -2.50. The Bertz CT molecular complexity index is 544. The molecular formula is C16H25N3O5. The SMILES string of the molecule is CC(C)C(=O)[C@H](C)NC(=O)[C@H](C)NC(=O)CCN1C(=O)C=CC1O. The second-order valence-electron chi connectivity index (χ2n) is 6.13. The van der Waals surface area contributed by atoms with E-state index in [0.717, 1.165) is 4.90 Å². The first kappa shape index (κ1) is 19.8. The van der Waals surface area contributed by atoms with Gasteiger partial charge in [-0.3, -0.25) is 19.2 Å². The molecule has 3 atom stereocenters. The van der Waals surface area contributed by atoms with Gasteiger partial charge in [0, 0.05) is 25.0 Å². The van der Waals surface area contributed by atoms with Crippen LogP contribution in [0.25, 0.3) is 0 Å². The largest absolute Gasteiger partial charge is 0.370 e. The highest BCUT2D eigenvalue weighted by atomic mass is 16.3. The van der Waals surface area contributed by atoms with Gasteiger partial charge in [0.25, 0.3) is 0 Å². The molecule has 0 spiro atoms. The van der Waals surface area contributed by atoms with Crippen LogP contribution in [0.15, 0.2) is 12.2 Å². The van der Waals surface area contributed by atoms with Crippen molar-refractivity contribution in [1.29, 1.82) is 0 Å². The molecule has 134 valence electrons. The van der Waals surface area contributed by atoms with Crippen molar-refractivity contribution in [2.45, 2.75) is 52.4 Å². The highest BCUT2D eigenvalue weighted by Gasteiger charge is 2.25. The molecule has 1 aliphatic rings. The number of aliphatic hydroxyl groups is 1. The van der Waals surface area contributed by atoms with Gasteiger partial charge in [-0.2, -0.15) is 0 Å². The Morgan fingerprint density at radius 1 is 1.17 bits per heavy atom. The Kier molecular flexibility index (Phi) is 7.09. The van der Waals surface area contributed by atoms with Crippen LogP contribution >= 0.6 is 0 Å². The van der Waals surface area contributed by atoms with Gasteiger partial charge < -0.3 is 20.6 Å². The molecule has 0 aliphatic carbocycles. The van der Waals surface area contributed by atoms with E-state index in [0.29, 0.717) is 0 Å². The van der Waals surface area contributed by atoms with Crippen LogP contribution in [-0.4, -0.2) is 58.4 Å². The monoisotopic (exact) mass is 339 g/mol. The van der Waals surface area contributed by atoms with Crippen LogP contribution < -0.4 is 10.6 Å². The summed E-state index contributed by atoms with van der Waals surface area (Å²) in [5.74, 6) is -1.52. The van der Waals surface area contributed by atoms with Gasteiger partial charge in [-0.1, -0.05) is 13.8 Å². The molecule has 3 amide bonds. The topological polar surface area (TPSA) is 116 Å². The van der Waals surface area contributed by atoms with Crippen molar-refractivity contribution in [3.63, 3.8) is 0 Å². The van der Waals surface area contributed by atoms with E-state index in [4.69, 9.17) is 0 Å². The van der Waals surface area contributed by atoms with Crippen LogP contribution in [0.2, 0.25) is 0 Å². The second-order valence-corrected chi connectivity index (χ2v) is 6.13. The molecule has 1 heterocycles. The smallest absolute Gasteiger partial charge is 0.248 e. The van der Waals surface area contributed by atoms with E-state index in [1.165, 1.54) is 19.1 Å². The molecule has 0 fully saturated rings. The van der Waals surface area contributed by atoms with Crippen LogP contribution in [-0.2, 0) is 19.2 Å². The van der Waals surface area contributed by atoms with Crippen molar-refractivity contribution in [2.75, 3.05) is 6.54 Å². The Morgan fingerprint density at radius 2 is 1.79 bits per heavy atom. The number of nitrogens with one attached hydrogen (secondary N) is 2. The van der Waals surface area contributed by atoms with Gasteiger partial charge in [0.15, 0.2) is 5.78 Å². The van der Waals surface area contributed by atoms with Gasteiger partial charge in [-0.25, -0.2) is 0 Å². The van der Waals surface area contributed by atoms with Crippen molar-refractivity contribution < 1.29 is 24.3 Å². The molecule has 1 unspecified atom stereocenters. The van der Waals surface area contributed by atoms with E-state index in [1.807, 2.05) is 0 Å². The van der Waals surface area contributed by atoms with Crippen molar-refractivity contribution in [3.8, 4) is 0 Å². The number of nitrogens with zero attached hydrogens (tertiary/aromatic N) is 1. The van der Waals surface area contributed by atoms with Crippen LogP contribution in [0.4, 0.5) is 0 Å². The van der Waals surface area contributed by atoms with Gasteiger partial charge in [0.1, 0.15) is 12.3 Å². The predicted molar refractivity (Wildman–Crippen MR) is 86.5 cm³/mol. The molecule has 0 aromatic heterocycles. The summed E-state index contributed by atoms with van der Waals surface area (Å²) in [5.41, 5.74) is 0.